The lowest BCUT2D eigenvalue weighted by atomic mass is 10.1. The van der Waals surface area contributed by atoms with Crippen LogP contribution in [0.2, 0.25) is 5.02 Å². The minimum Gasteiger partial charge on any atom is -0.493 e. The number of carbonyl (C=O) groups is 1. The zero-order chi connectivity index (χ0) is 32.4. The standard InChI is InChI=1S/C33H24ClF2N5O5/c1-3-45-27-12-14-40(21-7-4-19(35)5-8-21)33(43)30(27)32(42)39-20-6-9-26(25(36)16-20)46-28-10-13-38-41-15-11-22(31(28)41)23-17-29(44-2)37-18-24(23)34/h4-18H,3H2,1-2H3,(H,39,42). The molecule has 0 aliphatic carbocycles. The summed E-state index contributed by atoms with van der Waals surface area (Å²) < 4.78 is 48.4. The zero-order valence-corrected chi connectivity index (χ0v) is 25.1. The fourth-order valence-electron chi connectivity index (χ4n) is 4.84. The van der Waals surface area contributed by atoms with Crippen molar-refractivity contribution in [3.63, 3.8) is 0 Å². The number of amides is 1. The molecule has 0 saturated heterocycles. The van der Waals surface area contributed by atoms with E-state index in [1.807, 2.05) is 0 Å². The van der Waals surface area contributed by atoms with Gasteiger partial charge in [-0.25, -0.2) is 18.3 Å². The summed E-state index contributed by atoms with van der Waals surface area (Å²) in [7, 11) is 1.49. The number of rotatable bonds is 9. The monoisotopic (exact) mass is 643 g/mol. The Kier molecular flexibility index (Phi) is 8.36. The zero-order valence-electron chi connectivity index (χ0n) is 24.3. The number of carbonyl (C=O) groups excluding carboxylic acids is 1. The van der Waals surface area contributed by atoms with Crippen LogP contribution in [0.25, 0.3) is 22.3 Å². The highest BCUT2D eigenvalue weighted by molar-refractivity contribution is 6.33. The summed E-state index contributed by atoms with van der Waals surface area (Å²) in [4.78, 5) is 30.9. The smallest absolute Gasteiger partial charge is 0.271 e. The van der Waals surface area contributed by atoms with E-state index < -0.39 is 23.1 Å². The summed E-state index contributed by atoms with van der Waals surface area (Å²) >= 11 is 6.44. The number of fused-ring (bicyclic) bond motifs is 1. The third-order valence-corrected chi connectivity index (χ3v) is 7.24. The number of nitrogens with one attached hydrogen (secondary N) is 1. The van der Waals surface area contributed by atoms with Gasteiger partial charge in [0.05, 0.1) is 31.1 Å². The molecule has 0 fully saturated rings. The van der Waals surface area contributed by atoms with Crippen molar-refractivity contribution < 1.29 is 27.8 Å². The maximum absolute atomic E-state index is 15.4. The lowest BCUT2D eigenvalue weighted by Crippen LogP contribution is -2.29. The number of anilines is 1. The van der Waals surface area contributed by atoms with Gasteiger partial charge in [-0.2, -0.15) is 5.10 Å². The van der Waals surface area contributed by atoms with Gasteiger partial charge < -0.3 is 19.5 Å². The van der Waals surface area contributed by atoms with Crippen molar-refractivity contribution in [2.24, 2.45) is 0 Å². The summed E-state index contributed by atoms with van der Waals surface area (Å²) in [6.45, 7) is 1.89. The average Bonchev–Trinajstić information content (AvgIpc) is 3.48. The molecule has 0 aliphatic rings. The van der Waals surface area contributed by atoms with Gasteiger partial charge in [0.1, 0.15) is 22.6 Å². The molecule has 46 heavy (non-hydrogen) atoms. The molecule has 6 aromatic rings. The molecule has 13 heteroatoms. The number of pyridine rings is 2. The number of halogens is 3. The Hall–Kier alpha value is -5.75. The highest BCUT2D eigenvalue weighted by Gasteiger charge is 2.22. The van der Waals surface area contributed by atoms with Crippen LogP contribution < -0.4 is 25.1 Å². The van der Waals surface area contributed by atoms with Crippen LogP contribution in [0, 0.1) is 11.6 Å². The minimum absolute atomic E-state index is 0.0420. The molecule has 0 spiro atoms. The highest BCUT2D eigenvalue weighted by atomic mass is 35.5. The summed E-state index contributed by atoms with van der Waals surface area (Å²) in [5.41, 5.74) is 1.17. The third kappa shape index (κ3) is 5.85. The maximum atomic E-state index is 15.4. The van der Waals surface area contributed by atoms with Gasteiger partial charge in [0.15, 0.2) is 17.3 Å². The number of nitrogens with zero attached hydrogens (tertiary/aromatic N) is 4. The van der Waals surface area contributed by atoms with Crippen LogP contribution in [0.1, 0.15) is 17.3 Å². The van der Waals surface area contributed by atoms with Crippen LogP contribution in [-0.2, 0) is 0 Å². The van der Waals surface area contributed by atoms with E-state index in [1.165, 1.54) is 72.7 Å². The Morgan fingerprint density at radius 3 is 2.50 bits per heavy atom. The van der Waals surface area contributed by atoms with E-state index in [9.17, 15) is 14.0 Å². The molecule has 10 nitrogen and oxygen atoms in total. The van der Waals surface area contributed by atoms with Crippen LogP contribution >= 0.6 is 11.6 Å². The van der Waals surface area contributed by atoms with Crippen molar-refractivity contribution in [3.05, 3.63) is 124 Å². The van der Waals surface area contributed by atoms with E-state index in [2.05, 4.69) is 15.4 Å². The molecule has 1 amide bonds. The molecule has 4 aromatic heterocycles. The molecule has 0 unspecified atom stereocenters. The largest absolute Gasteiger partial charge is 0.493 e. The van der Waals surface area contributed by atoms with Crippen molar-refractivity contribution in [2.75, 3.05) is 19.0 Å². The lowest BCUT2D eigenvalue weighted by molar-refractivity contribution is 0.102. The first-order valence-corrected chi connectivity index (χ1v) is 14.2. The van der Waals surface area contributed by atoms with Crippen LogP contribution in [0.5, 0.6) is 23.1 Å². The number of aromatic nitrogens is 4. The number of benzene rings is 2. The van der Waals surface area contributed by atoms with Gasteiger partial charge >= 0.3 is 0 Å². The predicted molar refractivity (Wildman–Crippen MR) is 168 cm³/mol. The summed E-state index contributed by atoms with van der Waals surface area (Å²) in [6.07, 6.45) is 6.10. The topological polar surface area (TPSA) is 109 Å². The summed E-state index contributed by atoms with van der Waals surface area (Å²) in [5, 5.41) is 7.23. The van der Waals surface area contributed by atoms with Crippen LogP contribution in [0.4, 0.5) is 14.5 Å². The number of methoxy groups -OCH3 is 1. The van der Waals surface area contributed by atoms with Crippen molar-refractivity contribution >= 4 is 28.7 Å². The van der Waals surface area contributed by atoms with E-state index in [4.69, 9.17) is 25.8 Å². The maximum Gasteiger partial charge on any atom is 0.271 e. The number of hydrogen-bond donors (Lipinski definition) is 1. The van der Waals surface area contributed by atoms with Crippen molar-refractivity contribution in [1.29, 1.82) is 0 Å². The van der Waals surface area contributed by atoms with E-state index in [1.54, 1.807) is 35.8 Å². The Bertz CT molecular complexity index is 2150. The Labute approximate surface area is 265 Å². The highest BCUT2D eigenvalue weighted by Crippen LogP contribution is 2.38. The second kappa shape index (κ2) is 12.7. The van der Waals surface area contributed by atoms with Crippen LogP contribution in [0.3, 0.4) is 0 Å². The second-order valence-corrected chi connectivity index (χ2v) is 10.2. The van der Waals surface area contributed by atoms with E-state index >= 15 is 4.39 Å². The molecule has 0 saturated carbocycles. The fraction of sp³-hybridized carbons (Fsp3) is 0.0909. The van der Waals surface area contributed by atoms with E-state index in [0.717, 1.165) is 6.07 Å². The van der Waals surface area contributed by atoms with Crippen molar-refractivity contribution in [1.82, 2.24) is 19.2 Å². The van der Waals surface area contributed by atoms with Gasteiger partial charge in [0.25, 0.3) is 11.5 Å². The number of hydrogen-bond acceptors (Lipinski definition) is 7. The molecule has 0 radical (unpaired) electrons. The third-order valence-electron chi connectivity index (χ3n) is 6.94. The molecule has 0 aliphatic heterocycles. The van der Waals surface area contributed by atoms with Gasteiger partial charge in [0, 0.05) is 53.1 Å². The molecule has 0 bridgehead atoms. The predicted octanol–water partition coefficient (Wildman–Crippen LogP) is 6.93. The molecular weight excluding hydrogens is 620 g/mol. The molecule has 0 atom stereocenters. The van der Waals surface area contributed by atoms with Gasteiger partial charge in [-0.1, -0.05) is 11.6 Å². The quantitative estimate of drug-likeness (QED) is 0.182. The molecule has 2 aromatic carbocycles. The molecule has 4 heterocycles. The second-order valence-electron chi connectivity index (χ2n) is 9.77. The molecule has 232 valence electrons. The SMILES string of the molecule is CCOc1ccn(-c2ccc(F)cc2)c(=O)c1C(=O)Nc1ccc(Oc2ccnn3ccc(-c4cc(OC)ncc4Cl)c23)c(F)c1. The van der Waals surface area contributed by atoms with E-state index in [-0.39, 0.29) is 35.1 Å². The first-order valence-electron chi connectivity index (χ1n) is 13.9. The lowest BCUT2D eigenvalue weighted by Gasteiger charge is -2.14. The Morgan fingerprint density at radius 2 is 1.76 bits per heavy atom. The van der Waals surface area contributed by atoms with Crippen LogP contribution in [-0.4, -0.2) is 38.8 Å². The summed E-state index contributed by atoms with van der Waals surface area (Å²) in [6, 6.07) is 15.5. The molecule has 1 N–H and O–H groups in total. The molecular formula is C33H24ClF2N5O5. The first-order chi connectivity index (χ1) is 22.3. The van der Waals surface area contributed by atoms with Crippen molar-refractivity contribution in [2.45, 2.75) is 6.92 Å². The minimum atomic E-state index is -0.823. The van der Waals surface area contributed by atoms with Gasteiger partial charge in [-0.05, 0) is 55.5 Å². The van der Waals surface area contributed by atoms with E-state index in [0.29, 0.717) is 33.2 Å². The van der Waals surface area contributed by atoms with Gasteiger partial charge in [0.2, 0.25) is 5.88 Å². The molecule has 6 rings (SSSR count). The summed E-state index contributed by atoms with van der Waals surface area (Å²) in [5.74, 6) is -1.54. The average molecular weight is 644 g/mol. The Balaban J connectivity index is 1.30. The van der Waals surface area contributed by atoms with Gasteiger partial charge in [-0.3, -0.25) is 14.2 Å². The number of ether oxygens (including phenoxy) is 3. The first kappa shape index (κ1) is 30.3. The van der Waals surface area contributed by atoms with Gasteiger partial charge in [-0.15, -0.1) is 0 Å². The normalized spacial score (nSPS) is 11.0. The van der Waals surface area contributed by atoms with Crippen LogP contribution in [0.15, 0.2) is 96.3 Å². The fourth-order valence-corrected chi connectivity index (χ4v) is 5.04. The van der Waals surface area contributed by atoms with Crippen molar-refractivity contribution in [3.8, 4) is 39.9 Å². The Morgan fingerprint density at radius 1 is 0.957 bits per heavy atom.